The van der Waals surface area contributed by atoms with E-state index in [-0.39, 0.29) is 12.1 Å². The summed E-state index contributed by atoms with van der Waals surface area (Å²) >= 11 is 0. The lowest BCUT2D eigenvalue weighted by Crippen LogP contribution is -2.44. The number of piperidine rings is 1. The molecule has 6 nitrogen and oxygen atoms in total. The number of likely N-dealkylation sites (tertiary alicyclic amines) is 1. The van der Waals surface area contributed by atoms with Gasteiger partial charge in [-0.15, -0.1) is 0 Å². The van der Waals surface area contributed by atoms with E-state index < -0.39 is 0 Å². The van der Waals surface area contributed by atoms with Gasteiger partial charge in [-0.25, -0.2) is 4.79 Å². The molecule has 2 amide bonds. The van der Waals surface area contributed by atoms with Crippen molar-refractivity contribution in [3.05, 3.63) is 72.3 Å². The number of aromatic nitrogens is 3. The van der Waals surface area contributed by atoms with Gasteiger partial charge in [0.25, 0.3) is 0 Å². The van der Waals surface area contributed by atoms with Gasteiger partial charge < -0.3 is 10.2 Å². The number of benzene rings is 1. The lowest BCUT2D eigenvalue weighted by Gasteiger charge is -2.35. The van der Waals surface area contributed by atoms with Crippen LogP contribution in [0.2, 0.25) is 0 Å². The summed E-state index contributed by atoms with van der Waals surface area (Å²) in [6, 6.07) is 14.2. The highest BCUT2D eigenvalue weighted by atomic mass is 16.2. The van der Waals surface area contributed by atoms with E-state index in [4.69, 9.17) is 0 Å². The second-order valence-electron chi connectivity index (χ2n) is 6.82. The number of hydrogen-bond donors (Lipinski definition) is 2. The standard InChI is InChI=1S/C21H23N5O/c27-21(26-12-2-1-8-20(26)19-9-11-24-25-19)23-14-16-5-3-6-17(13-16)18-7-4-10-22-15-18/h3-7,9-11,13,15,20H,1-2,8,12,14H2,(H,23,27)(H,24,25). The Morgan fingerprint density at radius 2 is 2.07 bits per heavy atom. The predicted molar refractivity (Wildman–Crippen MR) is 104 cm³/mol. The number of amides is 2. The highest BCUT2D eigenvalue weighted by Crippen LogP contribution is 2.29. The van der Waals surface area contributed by atoms with Crippen LogP contribution >= 0.6 is 0 Å². The van der Waals surface area contributed by atoms with Crippen molar-refractivity contribution in [1.82, 2.24) is 25.4 Å². The molecular formula is C21H23N5O. The van der Waals surface area contributed by atoms with E-state index in [0.717, 1.165) is 48.2 Å². The highest BCUT2D eigenvalue weighted by molar-refractivity contribution is 5.75. The summed E-state index contributed by atoms with van der Waals surface area (Å²) in [6.07, 6.45) is 8.48. The molecule has 138 valence electrons. The fourth-order valence-electron chi connectivity index (χ4n) is 3.62. The minimum Gasteiger partial charge on any atom is -0.334 e. The molecule has 1 aliphatic rings. The third kappa shape index (κ3) is 4.00. The molecule has 2 aromatic heterocycles. The average Bonchev–Trinajstić information content (AvgIpc) is 3.28. The molecule has 1 aliphatic heterocycles. The maximum absolute atomic E-state index is 12.8. The van der Waals surface area contributed by atoms with Crippen LogP contribution in [0.1, 0.15) is 36.6 Å². The monoisotopic (exact) mass is 361 g/mol. The molecule has 0 saturated carbocycles. The molecule has 0 aliphatic carbocycles. The molecule has 3 aromatic rings. The van der Waals surface area contributed by atoms with Crippen LogP contribution in [0.4, 0.5) is 4.79 Å². The quantitative estimate of drug-likeness (QED) is 0.740. The molecule has 1 unspecified atom stereocenters. The van der Waals surface area contributed by atoms with E-state index in [1.807, 2.05) is 41.4 Å². The Hall–Kier alpha value is -3.15. The van der Waals surface area contributed by atoms with Crippen LogP contribution in [0.15, 0.2) is 61.1 Å². The predicted octanol–water partition coefficient (Wildman–Crippen LogP) is 3.91. The Morgan fingerprint density at radius 1 is 1.15 bits per heavy atom. The van der Waals surface area contributed by atoms with Crippen molar-refractivity contribution in [2.75, 3.05) is 6.54 Å². The average molecular weight is 361 g/mol. The molecule has 27 heavy (non-hydrogen) atoms. The molecule has 4 rings (SSSR count). The summed E-state index contributed by atoms with van der Waals surface area (Å²) in [7, 11) is 0. The molecule has 1 aromatic carbocycles. The maximum atomic E-state index is 12.8. The zero-order chi connectivity index (χ0) is 18.5. The van der Waals surface area contributed by atoms with Crippen LogP contribution in [-0.2, 0) is 6.54 Å². The first-order chi connectivity index (χ1) is 13.3. The Balaban J connectivity index is 1.43. The minimum absolute atomic E-state index is 0.0268. The molecule has 0 spiro atoms. The van der Waals surface area contributed by atoms with E-state index in [9.17, 15) is 4.79 Å². The van der Waals surface area contributed by atoms with Crippen LogP contribution in [0.3, 0.4) is 0 Å². The number of H-pyrrole nitrogens is 1. The number of nitrogens with zero attached hydrogens (tertiary/aromatic N) is 3. The first kappa shape index (κ1) is 17.3. The van der Waals surface area contributed by atoms with Gasteiger partial charge >= 0.3 is 6.03 Å². The molecule has 3 heterocycles. The topological polar surface area (TPSA) is 73.9 Å². The molecule has 1 saturated heterocycles. The summed E-state index contributed by atoms with van der Waals surface area (Å²) < 4.78 is 0. The Morgan fingerprint density at radius 3 is 2.89 bits per heavy atom. The molecule has 6 heteroatoms. The van der Waals surface area contributed by atoms with Gasteiger partial charge in [0.15, 0.2) is 0 Å². The van der Waals surface area contributed by atoms with Crippen molar-refractivity contribution < 1.29 is 4.79 Å². The number of urea groups is 1. The van der Waals surface area contributed by atoms with E-state index in [2.05, 4.69) is 32.6 Å². The number of pyridine rings is 1. The molecule has 0 bridgehead atoms. The summed E-state index contributed by atoms with van der Waals surface area (Å²) in [5, 5.41) is 10.1. The van der Waals surface area contributed by atoms with Gasteiger partial charge in [-0.2, -0.15) is 5.10 Å². The van der Waals surface area contributed by atoms with Gasteiger partial charge in [-0.3, -0.25) is 10.1 Å². The normalized spacial score (nSPS) is 16.9. The maximum Gasteiger partial charge on any atom is 0.318 e. The Kier molecular flexibility index (Phi) is 5.14. The number of carbonyl (C=O) groups is 1. The van der Waals surface area contributed by atoms with E-state index >= 15 is 0 Å². The fourth-order valence-corrected chi connectivity index (χ4v) is 3.62. The molecular weight excluding hydrogens is 338 g/mol. The summed E-state index contributed by atoms with van der Waals surface area (Å²) in [5.41, 5.74) is 4.24. The van der Waals surface area contributed by atoms with Crippen LogP contribution in [-0.4, -0.2) is 32.7 Å². The van der Waals surface area contributed by atoms with E-state index in [1.165, 1.54) is 0 Å². The summed E-state index contributed by atoms with van der Waals surface area (Å²) in [5.74, 6) is 0. The van der Waals surface area contributed by atoms with Crippen molar-refractivity contribution in [3.63, 3.8) is 0 Å². The number of rotatable bonds is 4. The third-order valence-corrected chi connectivity index (χ3v) is 5.01. The van der Waals surface area contributed by atoms with Crippen molar-refractivity contribution in [2.45, 2.75) is 31.8 Å². The van der Waals surface area contributed by atoms with Crippen molar-refractivity contribution in [3.8, 4) is 11.1 Å². The van der Waals surface area contributed by atoms with Crippen LogP contribution in [0, 0.1) is 0 Å². The molecule has 1 atom stereocenters. The van der Waals surface area contributed by atoms with Crippen molar-refractivity contribution in [1.29, 1.82) is 0 Å². The van der Waals surface area contributed by atoms with Gasteiger partial charge in [0, 0.05) is 31.7 Å². The first-order valence-electron chi connectivity index (χ1n) is 9.34. The Bertz CT molecular complexity index is 879. The highest BCUT2D eigenvalue weighted by Gasteiger charge is 2.28. The fraction of sp³-hybridized carbons (Fsp3) is 0.286. The summed E-state index contributed by atoms with van der Waals surface area (Å²) in [4.78, 5) is 18.9. The van der Waals surface area contributed by atoms with Gasteiger partial charge in [-0.05, 0) is 54.2 Å². The molecule has 1 fully saturated rings. The first-order valence-corrected chi connectivity index (χ1v) is 9.34. The molecule has 0 radical (unpaired) electrons. The Labute approximate surface area is 158 Å². The molecule has 2 N–H and O–H groups in total. The number of carbonyl (C=O) groups excluding carboxylic acids is 1. The van der Waals surface area contributed by atoms with Crippen LogP contribution in [0.25, 0.3) is 11.1 Å². The summed E-state index contributed by atoms with van der Waals surface area (Å²) in [6.45, 7) is 1.27. The number of nitrogens with one attached hydrogen (secondary N) is 2. The second kappa shape index (κ2) is 8.03. The van der Waals surface area contributed by atoms with Gasteiger partial charge in [0.05, 0.1) is 11.7 Å². The number of hydrogen-bond acceptors (Lipinski definition) is 3. The van der Waals surface area contributed by atoms with E-state index in [0.29, 0.717) is 6.54 Å². The van der Waals surface area contributed by atoms with Crippen LogP contribution < -0.4 is 5.32 Å². The second-order valence-corrected chi connectivity index (χ2v) is 6.82. The smallest absolute Gasteiger partial charge is 0.318 e. The zero-order valence-corrected chi connectivity index (χ0v) is 15.1. The largest absolute Gasteiger partial charge is 0.334 e. The third-order valence-electron chi connectivity index (χ3n) is 5.01. The van der Waals surface area contributed by atoms with Crippen LogP contribution in [0.5, 0.6) is 0 Å². The lowest BCUT2D eigenvalue weighted by molar-refractivity contribution is 0.149. The minimum atomic E-state index is -0.0268. The van der Waals surface area contributed by atoms with Crippen molar-refractivity contribution in [2.24, 2.45) is 0 Å². The van der Waals surface area contributed by atoms with E-state index in [1.54, 1.807) is 12.4 Å². The van der Waals surface area contributed by atoms with Crippen molar-refractivity contribution >= 4 is 6.03 Å². The van der Waals surface area contributed by atoms with Gasteiger partial charge in [0.1, 0.15) is 0 Å². The zero-order valence-electron chi connectivity index (χ0n) is 15.1. The SMILES string of the molecule is O=C(NCc1cccc(-c2cccnc2)c1)N1CCCCC1c1ccn[nH]1. The number of aromatic amines is 1. The van der Waals surface area contributed by atoms with Gasteiger partial charge in [0.2, 0.25) is 0 Å². The lowest BCUT2D eigenvalue weighted by atomic mass is 10.00. The van der Waals surface area contributed by atoms with Gasteiger partial charge in [-0.1, -0.05) is 24.3 Å².